The maximum atomic E-state index is 13.9. The topological polar surface area (TPSA) is 50.3 Å². The highest BCUT2D eigenvalue weighted by atomic mass is 19.1. The van der Waals surface area contributed by atoms with Crippen LogP contribution in [0.3, 0.4) is 0 Å². The number of benzene rings is 1. The van der Waals surface area contributed by atoms with E-state index < -0.39 is 11.6 Å². The summed E-state index contributed by atoms with van der Waals surface area (Å²) >= 11 is 0. The standard InChI is InChI=1S/C21H24F2N4O/c22-14-1-2-18(23)15(9-14)19-3-4-20(26-25-19)24-21-16-11-27(12-17(16)21)10-13-5-7-28-8-6-13/h1-4,9,13,16-17,21H,5-8,10-12H2,(H,24,26)/t16-,17+,21?. The zero-order valence-corrected chi connectivity index (χ0v) is 15.7. The first-order valence-electron chi connectivity index (χ1n) is 10.0. The zero-order valence-electron chi connectivity index (χ0n) is 15.7. The minimum atomic E-state index is -0.502. The monoisotopic (exact) mass is 386 g/mol. The second-order valence-corrected chi connectivity index (χ2v) is 8.20. The highest BCUT2D eigenvalue weighted by Crippen LogP contribution is 2.47. The molecule has 148 valence electrons. The quantitative estimate of drug-likeness (QED) is 0.855. The number of rotatable bonds is 5. The molecule has 1 aromatic carbocycles. The van der Waals surface area contributed by atoms with Gasteiger partial charge in [0.1, 0.15) is 17.5 Å². The highest BCUT2D eigenvalue weighted by molar-refractivity contribution is 5.60. The molecule has 0 spiro atoms. The van der Waals surface area contributed by atoms with Crippen molar-refractivity contribution in [2.75, 3.05) is 38.2 Å². The van der Waals surface area contributed by atoms with Gasteiger partial charge in [0.25, 0.3) is 0 Å². The van der Waals surface area contributed by atoms with Crippen LogP contribution in [0.1, 0.15) is 12.8 Å². The summed E-state index contributed by atoms with van der Waals surface area (Å²) in [6, 6.07) is 7.26. The molecule has 3 heterocycles. The average Bonchev–Trinajstić information content (AvgIpc) is 3.15. The van der Waals surface area contributed by atoms with Crippen LogP contribution in [-0.2, 0) is 4.74 Å². The summed E-state index contributed by atoms with van der Waals surface area (Å²) in [6.07, 6.45) is 2.36. The van der Waals surface area contributed by atoms with E-state index in [0.717, 1.165) is 50.4 Å². The van der Waals surface area contributed by atoms with Crippen molar-refractivity contribution in [1.82, 2.24) is 15.1 Å². The summed E-state index contributed by atoms with van der Waals surface area (Å²) in [5.74, 6) is 1.81. The summed E-state index contributed by atoms with van der Waals surface area (Å²) in [6.45, 7) is 5.28. The lowest BCUT2D eigenvalue weighted by Crippen LogP contribution is -2.34. The molecule has 1 saturated carbocycles. The van der Waals surface area contributed by atoms with Gasteiger partial charge < -0.3 is 15.0 Å². The average molecular weight is 386 g/mol. The molecule has 3 atom stereocenters. The van der Waals surface area contributed by atoms with E-state index in [9.17, 15) is 8.78 Å². The van der Waals surface area contributed by atoms with Crippen LogP contribution in [0, 0.1) is 29.4 Å². The Morgan fingerprint density at radius 2 is 1.82 bits per heavy atom. The molecule has 5 rings (SSSR count). The molecular formula is C21H24F2N4O. The van der Waals surface area contributed by atoms with Gasteiger partial charge in [0.2, 0.25) is 0 Å². The number of hydrogen-bond acceptors (Lipinski definition) is 5. The van der Waals surface area contributed by atoms with Crippen LogP contribution in [0.4, 0.5) is 14.6 Å². The first kappa shape index (κ1) is 17.9. The van der Waals surface area contributed by atoms with Crippen molar-refractivity contribution in [3.05, 3.63) is 42.0 Å². The fourth-order valence-electron chi connectivity index (χ4n) is 4.69. The van der Waals surface area contributed by atoms with Crippen molar-refractivity contribution >= 4 is 5.82 Å². The minimum absolute atomic E-state index is 0.131. The van der Waals surface area contributed by atoms with Crippen LogP contribution in [-0.4, -0.2) is 54.0 Å². The van der Waals surface area contributed by atoms with E-state index in [2.05, 4.69) is 20.4 Å². The predicted molar refractivity (Wildman–Crippen MR) is 102 cm³/mol. The number of fused-ring (bicyclic) bond motifs is 1. The Morgan fingerprint density at radius 1 is 1.04 bits per heavy atom. The Bertz CT molecular complexity index is 829. The van der Waals surface area contributed by atoms with Crippen LogP contribution in [0.5, 0.6) is 0 Å². The molecule has 2 saturated heterocycles. The van der Waals surface area contributed by atoms with Gasteiger partial charge in [0, 0.05) is 44.5 Å². The number of nitrogens with zero attached hydrogens (tertiary/aromatic N) is 3. The van der Waals surface area contributed by atoms with Gasteiger partial charge >= 0.3 is 0 Å². The second-order valence-electron chi connectivity index (χ2n) is 8.20. The molecule has 5 nitrogen and oxygen atoms in total. The molecule has 28 heavy (non-hydrogen) atoms. The van der Waals surface area contributed by atoms with Crippen molar-refractivity contribution in [3.8, 4) is 11.3 Å². The fourth-order valence-corrected chi connectivity index (χ4v) is 4.69. The van der Waals surface area contributed by atoms with Gasteiger partial charge in [-0.2, -0.15) is 0 Å². The number of ether oxygens (including phenoxy) is 1. The summed E-state index contributed by atoms with van der Waals surface area (Å²) in [5.41, 5.74) is 0.465. The lowest BCUT2D eigenvalue weighted by molar-refractivity contribution is 0.0540. The van der Waals surface area contributed by atoms with E-state index in [1.54, 1.807) is 12.1 Å². The number of anilines is 1. The van der Waals surface area contributed by atoms with Gasteiger partial charge in [-0.15, -0.1) is 10.2 Å². The summed E-state index contributed by atoms with van der Waals surface area (Å²) < 4.78 is 32.7. The third-order valence-electron chi connectivity index (χ3n) is 6.31. The number of aromatic nitrogens is 2. The van der Waals surface area contributed by atoms with E-state index in [-0.39, 0.29) is 5.56 Å². The third kappa shape index (κ3) is 3.61. The van der Waals surface area contributed by atoms with Crippen LogP contribution >= 0.6 is 0 Å². The predicted octanol–water partition coefficient (Wildman–Crippen LogP) is 3.19. The lowest BCUT2D eigenvalue weighted by Gasteiger charge is -2.28. The minimum Gasteiger partial charge on any atom is -0.381 e. The van der Waals surface area contributed by atoms with Crippen molar-refractivity contribution in [2.24, 2.45) is 17.8 Å². The van der Waals surface area contributed by atoms with Crippen molar-refractivity contribution in [2.45, 2.75) is 18.9 Å². The third-order valence-corrected chi connectivity index (χ3v) is 6.31. The molecule has 1 N–H and O–H groups in total. The van der Waals surface area contributed by atoms with E-state index in [1.165, 1.54) is 19.4 Å². The molecular weight excluding hydrogens is 362 g/mol. The summed E-state index contributed by atoms with van der Waals surface area (Å²) in [5, 5.41) is 11.7. The zero-order chi connectivity index (χ0) is 19.1. The Morgan fingerprint density at radius 3 is 2.54 bits per heavy atom. The van der Waals surface area contributed by atoms with Gasteiger partial charge in [-0.25, -0.2) is 8.78 Å². The second kappa shape index (κ2) is 7.37. The van der Waals surface area contributed by atoms with Gasteiger partial charge in [-0.05, 0) is 60.9 Å². The first-order chi connectivity index (χ1) is 13.7. The Hall–Kier alpha value is -2.12. The molecule has 2 aromatic rings. The van der Waals surface area contributed by atoms with Gasteiger partial charge in [0.15, 0.2) is 0 Å². The van der Waals surface area contributed by atoms with Crippen molar-refractivity contribution < 1.29 is 13.5 Å². The Kier molecular flexibility index (Phi) is 4.72. The lowest BCUT2D eigenvalue weighted by atomic mass is 10.00. The molecule has 1 unspecified atom stereocenters. The number of likely N-dealkylation sites (tertiary alicyclic amines) is 1. The summed E-state index contributed by atoms with van der Waals surface area (Å²) in [4.78, 5) is 2.59. The summed E-state index contributed by atoms with van der Waals surface area (Å²) in [7, 11) is 0. The Labute approximate surface area is 163 Å². The van der Waals surface area contributed by atoms with Crippen molar-refractivity contribution in [1.29, 1.82) is 0 Å². The normalized spacial score (nSPS) is 27.6. The van der Waals surface area contributed by atoms with E-state index in [4.69, 9.17) is 4.74 Å². The molecule has 7 heteroatoms. The smallest absolute Gasteiger partial charge is 0.148 e. The van der Waals surface area contributed by atoms with Gasteiger partial charge in [-0.3, -0.25) is 0 Å². The molecule has 1 aliphatic carbocycles. The SMILES string of the molecule is Fc1ccc(F)c(-c2ccc(NC3[C@H]4CN(CC5CCOCC5)C[C@@H]34)nn2)c1. The maximum absolute atomic E-state index is 13.9. The molecule has 3 fully saturated rings. The van der Waals surface area contributed by atoms with E-state index in [1.807, 2.05) is 0 Å². The Balaban J connectivity index is 1.15. The number of halogens is 2. The van der Waals surface area contributed by atoms with Crippen LogP contribution in [0.2, 0.25) is 0 Å². The molecule has 0 radical (unpaired) electrons. The van der Waals surface area contributed by atoms with Crippen LogP contribution in [0.15, 0.2) is 30.3 Å². The number of nitrogens with one attached hydrogen (secondary N) is 1. The van der Waals surface area contributed by atoms with Crippen LogP contribution in [0.25, 0.3) is 11.3 Å². The highest BCUT2D eigenvalue weighted by Gasteiger charge is 2.55. The molecule has 0 bridgehead atoms. The van der Waals surface area contributed by atoms with E-state index in [0.29, 0.717) is 29.4 Å². The van der Waals surface area contributed by atoms with Gasteiger partial charge in [-0.1, -0.05) is 0 Å². The fraction of sp³-hybridized carbons (Fsp3) is 0.524. The maximum Gasteiger partial charge on any atom is 0.148 e. The molecule has 2 aliphatic heterocycles. The van der Waals surface area contributed by atoms with Gasteiger partial charge in [0.05, 0.1) is 5.69 Å². The number of hydrogen-bond donors (Lipinski definition) is 1. The van der Waals surface area contributed by atoms with Crippen molar-refractivity contribution in [3.63, 3.8) is 0 Å². The van der Waals surface area contributed by atoms with Crippen LogP contribution < -0.4 is 5.32 Å². The van der Waals surface area contributed by atoms with E-state index >= 15 is 0 Å². The largest absolute Gasteiger partial charge is 0.381 e. The molecule has 3 aliphatic rings. The number of piperidine rings is 1. The molecule has 1 aromatic heterocycles. The molecule has 0 amide bonds. The first-order valence-corrected chi connectivity index (χ1v) is 10.0.